The van der Waals surface area contributed by atoms with Crippen LogP contribution in [0.15, 0.2) is 36.4 Å². The fourth-order valence-electron chi connectivity index (χ4n) is 2.66. The normalized spacial score (nSPS) is 11.1. The number of fused-ring (bicyclic) bond motifs is 1. The Kier molecular flexibility index (Phi) is 7.59. The molecule has 2 rings (SSSR count). The third kappa shape index (κ3) is 6.78. The van der Waals surface area contributed by atoms with E-state index in [-0.39, 0.29) is 12.5 Å². The highest BCUT2D eigenvalue weighted by atomic mass is 16.5. The monoisotopic (exact) mass is 399 g/mol. The standard InChI is InChI=1S/C22H29N3O4/c1-22(2,3)21(28)24-10-6-7-11-29-18-13-16-9-5-4-8-15(16)12-17(18)20(27)25-14-19(23)26/h4-5,8-9,12-13H,6-7,10-11,14H2,1-3H3,(H2,23,26)(H,24,28)(H,25,27). The zero-order chi connectivity index (χ0) is 21.4. The molecule has 0 bridgehead atoms. The molecule has 156 valence electrons. The van der Waals surface area contributed by atoms with Gasteiger partial charge in [0.05, 0.1) is 18.7 Å². The number of carbonyl (C=O) groups excluding carboxylic acids is 3. The second-order valence-electron chi connectivity index (χ2n) is 7.91. The molecule has 7 nitrogen and oxygen atoms in total. The molecule has 2 aromatic carbocycles. The number of amides is 3. The summed E-state index contributed by atoms with van der Waals surface area (Å²) in [5.74, 6) is -0.563. The lowest BCUT2D eigenvalue weighted by Gasteiger charge is -2.17. The van der Waals surface area contributed by atoms with Crippen molar-refractivity contribution in [2.45, 2.75) is 33.6 Å². The van der Waals surface area contributed by atoms with Crippen molar-refractivity contribution >= 4 is 28.5 Å². The summed E-state index contributed by atoms with van der Waals surface area (Å²) in [4.78, 5) is 35.3. The van der Waals surface area contributed by atoms with E-state index in [2.05, 4.69) is 10.6 Å². The van der Waals surface area contributed by atoms with Crippen LogP contribution in [0.4, 0.5) is 0 Å². The van der Waals surface area contributed by atoms with Crippen LogP contribution in [0.1, 0.15) is 44.0 Å². The number of hydrogen-bond donors (Lipinski definition) is 3. The highest BCUT2D eigenvalue weighted by molar-refractivity contribution is 6.02. The van der Waals surface area contributed by atoms with Crippen molar-refractivity contribution < 1.29 is 19.1 Å². The second kappa shape index (κ2) is 9.91. The minimum absolute atomic E-state index is 0.0151. The molecule has 3 amide bonds. The molecule has 0 heterocycles. The highest BCUT2D eigenvalue weighted by Crippen LogP contribution is 2.26. The first-order valence-electron chi connectivity index (χ1n) is 9.69. The molecule has 0 saturated carbocycles. The van der Waals surface area contributed by atoms with E-state index < -0.39 is 17.2 Å². The third-order valence-electron chi connectivity index (χ3n) is 4.31. The molecule has 0 spiro atoms. The molecule has 7 heteroatoms. The quantitative estimate of drug-likeness (QED) is 0.562. The average molecular weight is 399 g/mol. The SMILES string of the molecule is CC(C)(C)C(=O)NCCCCOc1cc2ccccc2cc1C(=O)NCC(N)=O. The Morgan fingerprint density at radius 1 is 1.00 bits per heavy atom. The van der Waals surface area contributed by atoms with E-state index >= 15 is 0 Å². The van der Waals surface area contributed by atoms with Crippen LogP contribution < -0.4 is 21.1 Å². The van der Waals surface area contributed by atoms with Gasteiger partial charge in [-0.05, 0) is 35.7 Å². The van der Waals surface area contributed by atoms with Crippen molar-refractivity contribution in [3.8, 4) is 5.75 Å². The smallest absolute Gasteiger partial charge is 0.255 e. The van der Waals surface area contributed by atoms with E-state index in [1.807, 2.05) is 51.1 Å². The van der Waals surface area contributed by atoms with Crippen molar-refractivity contribution in [2.24, 2.45) is 11.1 Å². The largest absolute Gasteiger partial charge is 0.493 e. The summed E-state index contributed by atoms with van der Waals surface area (Å²) in [6, 6.07) is 11.2. The van der Waals surface area contributed by atoms with Gasteiger partial charge in [-0.1, -0.05) is 45.0 Å². The van der Waals surface area contributed by atoms with Gasteiger partial charge in [0.2, 0.25) is 11.8 Å². The molecular weight excluding hydrogens is 370 g/mol. The Morgan fingerprint density at radius 2 is 1.66 bits per heavy atom. The van der Waals surface area contributed by atoms with Crippen LogP contribution in [0.3, 0.4) is 0 Å². The predicted molar refractivity (Wildman–Crippen MR) is 113 cm³/mol. The molecule has 0 atom stereocenters. The average Bonchev–Trinajstić information content (AvgIpc) is 2.67. The number of hydrogen-bond acceptors (Lipinski definition) is 4. The van der Waals surface area contributed by atoms with Gasteiger partial charge in [0, 0.05) is 12.0 Å². The zero-order valence-corrected chi connectivity index (χ0v) is 17.2. The molecule has 29 heavy (non-hydrogen) atoms. The Morgan fingerprint density at radius 3 is 2.28 bits per heavy atom. The molecule has 0 aromatic heterocycles. The number of primary amides is 1. The lowest BCUT2D eigenvalue weighted by Crippen LogP contribution is -2.35. The van der Waals surface area contributed by atoms with Gasteiger partial charge in [-0.2, -0.15) is 0 Å². The first-order valence-corrected chi connectivity index (χ1v) is 9.69. The maximum absolute atomic E-state index is 12.5. The van der Waals surface area contributed by atoms with E-state index in [9.17, 15) is 14.4 Å². The van der Waals surface area contributed by atoms with Crippen LogP contribution in [-0.2, 0) is 9.59 Å². The molecule has 0 fully saturated rings. The fourth-order valence-corrected chi connectivity index (χ4v) is 2.66. The van der Waals surface area contributed by atoms with Gasteiger partial charge in [0.15, 0.2) is 0 Å². The number of carbonyl (C=O) groups is 3. The van der Waals surface area contributed by atoms with E-state index in [1.54, 1.807) is 6.07 Å². The van der Waals surface area contributed by atoms with Gasteiger partial charge in [-0.15, -0.1) is 0 Å². The van der Waals surface area contributed by atoms with Crippen LogP contribution in [0, 0.1) is 5.41 Å². The molecule has 0 radical (unpaired) electrons. The third-order valence-corrected chi connectivity index (χ3v) is 4.31. The minimum Gasteiger partial charge on any atom is -0.493 e. The number of nitrogens with one attached hydrogen (secondary N) is 2. The van der Waals surface area contributed by atoms with Crippen molar-refractivity contribution in [1.29, 1.82) is 0 Å². The summed E-state index contributed by atoms with van der Waals surface area (Å²) in [6.45, 7) is 6.35. The molecule has 0 aliphatic rings. The number of nitrogens with two attached hydrogens (primary N) is 1. The van der Waals surface area contributed by atoms with Crippen molar-refractivity contribution in [1.82, 2.24) is 10.6 Å². The molecule has 0 aliphatic carbocycles. The lowest BCUT2D eigenvalue weighted by molar-refractivity contribution is -0.128. The number of benzene rings is 2. The summed E-state index contributed by atoms with van der Waals surface area (Å²) in [6.07, 6.45) is 1.48. The number of unbranched alkanes of at least 4 members (excludes halogenated alkanes) is 1. The highest BCUT2D eigenvalue weighted by Gasteiger charge is 2.20. The maximum Gasteiger partial charge on any atom is 0.255 e. The van der Waals surface area contributed by atoms with Gasteiger partial charge in [0.25, 0.3) is 5.91 Å². The van der Waals surface area contributed by atoms with Crippen LogP contribution in [-0.4, -0.2) is 37.4 Å². The molecule has 0 aliphatic heterocycles. The Balaban J connectivity index is 1.99. The van der Waals surface area contributed by atoms with E-state index in [4.69, 9.17) is 10.5 Å². The van der Waals surface area contributed by atoms with Gasteiger partial charge in [0.1, 0.15) is 5.75 Å². The summed E-state index contributed by atoms with van der Waals surface area (Å²) >= 11 is 0. The Bertz CT molecular complexity index is 887. The Labute approximate surface area is 171 Å². The number of ether oxygens (including phenoxy) is 1. The predicted octanol–water partition coefficient (Wildman–Crippen LogP) is 2.38. The van der Waals surface area contributed by atoms with Gasteiger partial charge < -0.3 is 21.1 Å². The summed E-state index contributed by atoms with van der Waals surface area (Å²) < 4.78 is 5.86. The minimum atomic E-state index is -0.612. The van der Waals surface area contributed by atoms with E-state index in [0.717, 1.165) is 23.6 Å². The van der Waals surface area contributed by atoms with Gasteiger partial charge in [-0.25, -0.2) is 0 Å². The van der Waals surface area contributed by atoms with Crippen LogP contribution in [0.5, 0.6) is 5.75 Å². The number of rotatable bonds is 9. The first kappa shape index (κ1) is 22.2. The summed E-state index contributed by atoms with van der Waals surface area (Å²) in [7, 11) is 0. The lowest BCUT2D eigenvalue weighted by atomic mass is 9.96. The van der Waals surface area contributed by atoms with E-state index in [0.29, 0.717) is 24.5 Å². The van der Waals surface area contributed by atoms with Gasteiger partial charge in [-0.3, -0.25) is 14.4 Å². The molecule has 0 saturated heterocycles. The topological polar surface area (TPSA) is 111 Å². The van der Waals surface area contributed by atoms with E-state index in [1.165, 1.54) is 0 Å². The van der Waals surface area contributed by atoms with Crippen LogP contribution >= 0.6 is 0 Å². The molecular formula is C22H29N3O4. The summed E-state index contributed by atoms with van der Waals surface area (Å²) in [5, 5.41) is 7.25. The fraction of sp³-hybridized carbons (Fsp3) is 0.409. The van der Waals surface area contributed by atoms with Crippen molar-refractivity contribution in [3.05, 3.63) is 42.0 Å². The van der Waals surface area contributed by atoms with Crippen molar-refractivity contribution in [3.63, 3.8) is 0 Å². The maximum atomic E-state index is 12.5. The van der Waals surface area contributed by atoms with Crippen LogP contribution in [0.2, 0.25) is 0 Å². The second-order valence-corrected chi connectivity index (χ2v) is 7.91. The Hall–Kier alpha value is -3.09. The summed E-state index contributed by atoms with van der Waals surface area (Å²) in [5.41, 5.74) is 5.05. The van der Waals surface area contributed by atoms with Crippen molar-refractivity contribution in [2.75, 3.05) is 19.7 Å². The first-order chi connectivity index (χ1) is 13.7. The van der Waals surface area contributed by atoms with Gasteiger partial charge >= 0.3 is 0 Å². The van der Waals surface area contributed by atoms with Crippen LogP contribution in [0.25, 0.3) is 10.8 Å². The molecule has 2 aromatic rings. The zero-order valence-electron chi connectivity index (χ0n) is 17.2. The molecule has 0 unspecified atom stereocenters. The molecule has 4 N–H and O–H groups in total.